The molecule has 136 valence electrons. The average molecular weight is 348 g/mol. The van der Waals surface area contributed by atoms with Crippen molar-refractivity contribution in [2.24, 2.45) is 11.8 Å². The number of Topliss-reactive ketones (excluding diaryl/α,β-unsaturated/α-hetero) is 1. The molecule has 1 aromatic carbocycles. The Bertz CT molecular complexity index is 805. The van der Waals surface area contributed by atoms with Crippen LogP contribution in [-0.2, 0) is 0 Å². The Labute approximate surface area is 156 Å². The van der Waals surface area contributed by atoms with Crippen LogP contribution in [0.2, 0.25) is 0 Å². The number of likely N-dealkylation sites (tertiary alicyclic amines) is 1. The SMILES string of the molecule is C=CC1CN(CCC)CCC1CC(=C)C(=O)c1ccnc2ccccc12. The predicted octanol–water partition coefficient (Wildman–Crippen LogP) is 4.90. The van der Waals surface area contributed by atoms with E-state index in [1.54, 1.807) is 6.20 Å². The Balaban J connectivity index is 1.73. The summed E-state index contributed by atoms with van der Waals surface area (Å²) in [5.74, 6) is 0.918. The minimum atomic E-state index is 0.0439. The molecule has 1 aromatic heterocycles. The topological polar surface area (TPSA) is 33.2 Å². The van der Waals surface area contributed by atoms with Crippen molar-refractivity contribution in [3.05, 3.63) is 66.9 Å². The van der Waals surface area contributed by atoms with Crippen molar-refractivity contribution < 1.29 is 4.79 Å². The van der Waals surface area contributed by atoms with Crippen LogP contribution >= 0.6 is 0 Å². The highest BCUT2D eigenvalue weighted by molar-refractivity contribution is 6.15. The van der Waals surface area contributed by atoms with Crippen LogP contribution in [0.5, 0.6) is 0 Å². The highest BCUT2D eigenvalue weighted by Crippen LogP contribution is 2.31. The number of hydrogen-bond acceptors (Lipinski definition) is 3. The molecule has 0 bridgehead atoms. The molecule has 1 aliphatic heterocycles. The van der Waals surface area contributed by atoms with Gasteiger partial charge in [0.2, 0.25) is 0 Å². The van der Waals surface area contributed by atoms with Gasteiger partial charge in [-0.2, -0.15) is 0 Å². The fourth-order valence-electron chi connectivity index (χ4n) is 4.03. The van der Waals surface area contributed by atoms with Crippen molar-refractivity contribution >= 4 is 16.7 Å². The van der Waals surface area contributed by atoms with Crippen molar-refractivity contribution in [2.75, 3.05) is 19.6 Å². The lowest BCUT2D eigenvalue weighted by Crippen LogP contribution is -2.40. The molecule has 3 rings (SSSR count). The molecule has 2 heterocycles. The van der Waals surface area contributed by atoms with Gasteiger partial charge in [0, 0.05) is 23.7 Å². The van der Waals surface area contributed by atoms with Crippen molar-refractivity contribution in [3.63, 3.8) is 0 Å². The number of nitrogens with zero attached hydrogens (tertiary/aromatic N) is 2. The highest BCUT2D eigenvalue weighted by atomic mass is 16.1. The molecule has 0 saturated carbocycles. The quantitative estimate of drug-likeness (QED) is 0.405. The molecule has 3 heteroatoms. The average Bonchev–Trinajstić information content (AvgIpc) is 2.68. The largest absolute Gasteiger partial charge is 0.303 e. The van der Waals surface area contributed by atoms with Gasteiger partial charge in [0.15, 0.2) is 5.78 Å². The van der Waals surface area contributed by atoms with Crippen LogP contribution in [0.15, 0.2) is 61.3 Å². The number of fused-ring (bicyclic) bond motifs is 1. The Morgan fingerprint density at radius 1 is 1.35 bits per heavy atom. The predicted molar refractivity (Wildman–Crippen MR) is 108 cm³/mol. The summed E-state index contributed by atoms with van der Waals surface area (Å²) in [5.41, 5.74) is 2.25. The van der Waals surface area contributed by atoms with Crippen molar-refractivity contribution in [2.45, 2.75) is 26.2 Å². The van der Waals surface area contributed by atoms with Gasteiger partial charge < -0.3 is 4.90 Å². The summed E-state index contributed by atoms with van der Waals surface area (Å²) in [6.07, 6.45) is 6.78. The molecule has 0 spiro atoms. The smallest absolute Gasteiger partial charge is 0.189 e. The van der Waals surface area contributed by atoms with E-state index < -0.39 is 0 Å². The molecule has 1 aliphatic rings. The maximum atomic E-state index is 13.0. The van der Waals surface area contributed by atoms with Crippen molar-refractivity contribution in [1.29, 1.82) is 0 Å². The molecule has 2 atom stereocenters. The van der Waals surface area contributed by atoms with E-state index in [9.17, 15) is 4.79 Å². The number of carbonyl (C=O) groups is 1. The van der Waals surface area contributed by atoms with Gasteiger partial charge in [-0.25, -0.2) is 0 Å². The Kier molecular flexibility index (Phi) is 6.00. The molecule has 0 radical (unpaired) electrons. The molecule has 3 nitrogen and oxygen atoms in total. The number of para-hydroxylation sites is 1. The lowest BCUT2D eigenvalue weighted by Gasteiger charge is -2.37. The number of piperidine rings is 1. The zero-order valence-electron chi connectivity index (χ0n) is 15.7. The lowest BCUT2D eigenvalue weighted by atomic mass is 9.80. The first-order chi connectivity index (χ1) is 12.6. The van der Waals surface area contributed by atoms with Gasteiger partial charge in [0.05, 0.1) is 5.52 Å². The van der Waals surface area contributed by atoms with Crippen LogP contribution in [0.4, 0.5) is 0 Å². The van der Waals surface area contributed by atoms with E-state index in [4.69, 9.17) is 0 Å². The molecular weight excluding hydrogens is 320 g/mol. The second kappa shape index (κ2) is 8.41. The molecule has 2 unspecified atom stereocenters. The summed E-state index contributed by atoms with van der Waals surface area (Å²) < 4.78 is 0. The highest BCUT2D eigenvalue weighted by Gasteiger charge is 2.28. The van der Waals surface area contributed by atoms with E-state index >= 15 is 0 Å². The first kappa shape index (κ1) is 18.5. The molecule has 0 amide bonds. The third-order valence-corrected chi connectivity index (χ3v) is 5.46. The molecular formula is C23H28N2O. The van der Waals surface area contributed by atoms with E-state index in [0.717, 1.165) is 43.4 Å². The molecule has 0 aliphatic carbocycles. The van der Waals surface area contributed by atoms with Crippen LogP contribution in [0.25, 0.3) is 10.9 Å². The number of carbonyl (C=O) groups excluding carboxylic acids is 1. The van der Waals surface area contributed by atoms with Crippen molar-refractivity contribution in [3.8, 4) is 0 Å². The fraction of sp³-hybridized carbons (Fsp3) is 0.391. The Morgan fingerprint density at radius 2 is 2.15 bits per heavy atom. The number of hydrogen-bond donors (Lipinski definition) is 0. The third-order valence-electron chi connectivity index (χ3n) is 5.46. The first-order valence-electron chi connectivity index (χ1n) is 9.55. The summed E-state index contributed by atoms with van der Waals surface area (Å²) in [6.45, 7) is 13.7. The maximum Gasteiger partial charge on any atom is 0.189 e. The second-order valence-electron chi connectivity index (χ2n) is 7.26. The van der Waals surface area contributed by atoms with Gasteiger partial charge in [-0.05, 0) is 61.9 Å². The normalized spacial score (nSPS) is 20.8. The zero-order chi connectivity index (χ0) is 18.5. The minimum absolute atomic E-state index is 0.0439. The van der Waals surface area contributed by atoms with Crippen molar-refractivity contribution in [1.82, 2.24) is 9.88 Å². The maximum absolute atomic E-state index is 13.0. The van der Waals surface area contributed by atoms with E-state index in [1.165, 1.54) is 6.42 Å². The Morgan fingerprint density at radius 3 is 2.92 bits per heavy atom. The van der Waals surface area contributed by atoms with Crippen LogP contribution < -0.4 is 0 Å². The number of ketones is 1. The van der Waals surface area contributed by atoms with E-state index in [0.29, 0.717) is 23.0 Å². The van der Waals surface area contributed by atoms with Gasteiger partial charge >= 0.3 is 0 Å². The molecule has 2 aromatic rings. The first-order valence-corrected chi connectivity index (χ1v) is 9.55. The molecule has 1 saturated heterocycles. The standard InChI is InChI=1S/C23H28N2O/c1-4-13-25-14-11-19(18(5-2)16-25)15-17(3)23(26)21-10-12-24-22-9-7-6-8-20(21)22/h5-10,12,18-19H,2-4,11,13-16H2,1H3. The number of rotatable bonds is 7. The van der Waals surface area contributed by atoms with E-state index in [1.807, 2.05) is 30.3 Å². The van der Waals surface area contributed by atoms with Crippen LogP contribution in [0.1, 0.15) is 36.5 Å². The number of aromatic nitrogens is 1. The molecule has 0 N–H and O–H groups in total. The van der Waals surface area contributed by atoms with Gasteiger partial charge in [0.1, 0.15) is 0 Å². The minimum Gasteiger partial charge on any atom is -0.303 e. The number of benzene rings is 1. The van der Waals surface area contributed by atoms with Gasteiger partial charge in [-0.15, -0.1) is 6.58 Å². The summed E-state index contributed by atoms with van der Waals surface area (Å²) in [4.78, 5) is 19.9. The third kappa shape index (κ3) is 3.94. The van der Waals surface area contributed by atoms with Crippen LogP contribution in [0.3, 0.4) is 0 Å². The molecule has 1 fully saturated rings. The summed E-state index contributed by atoms with van der Waals surface area (Å²) in [6, 6.07) is 9.59. The second-order valence-corrected chi connectivity index (χ2v) is 7.26. The molecule has 26 heavy (non-hydrogen) atoms. The van der Waals surface area contributed by atoms with Gasteiger partial charge in [-0.1, -0.05) is 37.8 Å². The van der Waals surface area contributed by atoms with Gasteiger partial charge in [0.25, 0.3) is 0 Å². The van der Waals surface area contributed by atoms with Crippen LogP contribution in [0, 0.1) is 11.8 Å². The van der Waals surface area contributed by atoms with Gasteiger partial charge in [-0.3, -0.25) is 9.78 Å². The summed E-state index contributed by atoms with van der Waals surface area (Å²) >= 11 is 0. The lowest BCUT2D eigenvalue weighted by molar-refractivity contribution is 0.101. The van der Waals surface area contributed by atoms with E-state index in [2.05, 4.69) is 36.0 Å². The zero-order valence-corrected chi connectivity index (χ0v) is 15.7. The van der Waals surface area contributed by atoms with Crippen LogP contribution in [-0.4, -0.2) is 35.3 Å². The fourth-order valence-corrected chi connectivity index (χ4v) is 4.03. The summed E-state index contributed by atoms with van der Waals surface area (Å²) in [5, 5.41) is 0.902. The number of allylic oxidation sites excluding steroid dienone is 1. The van der Waals surface area contributed by atoms with E-state index in [-0.39, 0.29) is 5.78 Å². The summed E-state index contributed by atoms with van der Waals surface area (Å²) in [7, 11) is 0. The Hall–Kier alpha value is -2.26. The number of pyridine rings is 1. The monoisotopic (exact) mass is 348 g/mol.